The summed E-state index contributed by atoms with van der Waals surface area (Å²) < 4.78 is 6.37. The first kappa shape index (κ1) is 22.1. The van der Waals surface area contributed by atoms with Gasteiger partial charge in [-0.15, -0.1) is 0 Å². The highest BCUT2D eigenvalue weighted by molar-refractivity contribution is 7.99. The summed E-state index contributed by atoms with van der Waals surface area (Å²) in [5, 5.41) is 7.46. The maximum atomic E-state index is 6.37. The lowest BCUT2D eigenvalue weighted by molar-refractivity contribution is 0.669. The maximum Gasteiger partial charge on any atom is 0.136 e. The van der Waals surface area contributed by atoms with Gasteiger partial charge in [0.05, 0.1) is 0 Å². The number of fused-ring (bicyclic) bond motifs is 7. The molecule has 0 fully saturated rings. The SMILES string of the molecule is c1cc(-c2ccc3c4c(cccc24)-c2ccccc2S3)cc(-c2cccc3oc4ccc5ccccc5c4c23)c1. The van der Waals surface area contributed by atoms with Crippen LogP contribution in [0.15, 0.2) is 148 Å². The third-order valence-corrected chi connectivity index (χ3v) is 9.41. The minimum absolute atomic E-state index is 0.923. The number of hydrogen-bond acceptors (Lipinski definition) is 2. The maximum absolute atomic E-state index is 6.37. The van der Waals surface area contributed by atoms with Crippen molar-refractivity contribution in [1.82, 2.24) is 0 Å². The molecule has 0 atom stereocenters. The summed E-state index contributed by atoms with van der Waals surface area (Å²) in [5.41, 5.74) is 9.37. The van der Waals surface area contributed by atoms with E-state index in [4.69, 9.17) is 4.42 Å². The van der Waals surface area contributed by atoms with Crippen molar-refractivity contribution in [3.63, 3.8) is 0 Å². The second-order valence-corrected chi connectivity index (χ2v) is 11.5. The summed E-state index contributed by atoms with van der Waals surface area (Å²) in [6, 6.07) is 48.3. The monoisotopic (exact) mass is 526 g/mol. The second kappa shape index (κ2) is 8.35. The molecule has 0 aliphatic carbocycles. The number of rotatable bonds is 2. The molecule has 2 heterocycles. The lowest BCUT2D eigenvalue weighted by atomic mass is 9.90. The van der Waals surface area contributed by atoms with Crippen molar-refractivity contribution in [2.75, 3.05) is 0 Å². The standard InChI is InChI=1S/C38H22OS/c1-2-11-27-23(8-1)18-20-33-37(27)38-28(13-7-16-32(38)39-33)25-10-5-9-24(22-25)26-19-21-35-36-30(26)14-6-15-31(36)29-12-3-4-17-34(29)40-35/h1-22H. The number of hydrogen-bond donors (Lipinski definition) is 0. The van der Waals surface area contributed by atoms with E-state index in [-0.39, 0.29) is 0 Å². The Morgan fingerprint density at radius 2 is 1.12 bits per heavy atom. The Morgan fingerprint density at radius 1 is 0.400 bits per heavy atom. The predicted molar refractivity (Wildman–Crippen MR) is 169 cm³/mol. The van der Waals surface area contributed by atoms with E-state index in [1.165, 1.54) is 75.5 Å². The zero-order chi connectivity index (χ0) is 26.2. The van der Waals surface area contributed by atoms with Gasteiger partial charge in [0.25, 0.3) is 0 Å². The lowest BCUT2D eigenvalue weighted by Crippen LogP contribution is -1.94. The Labute approximate surface area is 235 Å². The fourth-order valence-corrected chi connectivity index (χ4v) is 7.64. The van der Waals surface area contributed by atoms with E-state index in [1.807, 2.05) is 11.8 Å². The normalized spacial score (nSPS) is 12.4. The van der Waals surface area contributed by atoms with Crippen LogP contribution in [0.5, 0.6) is 0 Å². The molecule has 9 rings (SSSR count). The highest BCUT2D eigenvalue weighted by atomic mass is 32.2. The zero-order valence-corrected chi connectivity index (χ0v) is 22.3. The molecule has 186 valence electrons. The molecule has 0 saturated carbocycles. The third-order valence-electron chi connectivity index (χ3n) is 8.27. The Hall–Kier alpha value is -4.79. The van der Waals surface area contributed by atoms with Crippen LogP contribution in [-0.2, 0) is 0 Å². The minimum atomic E-state index is 0.923. The van der Waals surface area contributed by atoms with Crippen molar-refractivity contribution in [1.29, 1.82) is 0 Å². The van der Waals surface area contributed by atoms with Crippen LogP contribution in [0.3, 0.4) is 0 Å². The molecule has 0 radical (unpaired) electrons. The van der Waals surface area contributed by atoms with Gasteiger partial charge in [0, 0.05) is 25.9 Å². The van der Waals surface area contributed by atoms with Gasteiger partial charge in [-0.1, -0.05) is 115 Å². The molecule has 1 aliphatic rings. The molecule has 1 aliphatic heterocycles. The van der Waals surface area contributed by atoms with Crippen molar-refractivity contribution in [2.24, 2.45) is 0 Å². The highest BCUT2D eigenvalue weighted by Crippen LogP contribution is 2.50. The summed E-state index contributed by atoms with van der Waals surface area (Å²) in [6.45, 7) is 0. The van der Waals surface area contributed by atoms with E-state index in [0.29, 0.717) is 0 Å². The molecule has 1 nitrogen and oxygen atoms in total. The summed E-state index contributed by atoms with van der Waals surface area (Å²) >= 11 is 1.87. The molecular weight excluding hydrogens is 504 g/mol. The zero-order valence-electron chi connectivity index (χ0n) is 21.5. The molecule has 1 aromatic heterocycles. The van der Waals surface area contributed by atoms with Gasteiger partial charge in [-0.05, 0) is 79.9 Å². The quantitative estimate of drug-likeness (QED) is 0.222. The predicted octanol–water partition coefficient (Wildman–Crippen LogP) is 11.4. The van der Waals surface area contributed by atoms with E-state index in [1.54, 1.807) is 0 Å². The molecule has 0 unspecified atom stereocenters. The Bertz CT molecular complexity index is 2310. The second-order valence-electron chi connectivity index (χ2n) is 10.5. The Morgan fingerprint density at radius 3 is 2.10 bits per heavy atom. The van der Waals surface area contributed by atoms with Crippen LogP contribution in [0, 0.1) is 0 Å². The molecule has 2 heteroatoms. The summed E-state index contributed by atoms with van der Waals surface area (Å²) in [4.78, 5) is 2.65. The third kappa shape index (κ3) is 3.11. The van der Waals surface area contributed by atoms with E-state index >= 15 is 0 Å². The molecule has 7 aromatic carbocycles. The first-order valence-corrected chi connectivity index (χ1v) is 14.4. The van der Waals surface area contributed by atoms with E-state index < -0.39 is 0 Å². The first-order valence-electron chi connectivity index (χ1n) is 13.6. The molecule has 40 heavy (non-hydrogen) atoms. The van der Waals surface area contributed by atoms with Crippen molar-refractivity contribution in [2.45, 2.75) is 9.79 Å². The van der Waals surface area contributed by atoms with Gasteiger partial charge in [0.1, 0.15) is 11.2 Å². The molecule has 0 bridgehead atoms. The molecule has 0 N–H and O–H groups in total. The van der Waals surface area contributed by atoms with E-state index in [0.717, 1.165) is 11.2 Å². The first-order chi connectivity index (χ1) is 19.8. The smallest absolute Gasteiger partial charge is 0.136 e. The van der Waals surface area contributed by atoms with Crippen LogP contribution in [0.25, 0.3) is 76.9 Å². The van der Waals surface area contributed by atoms with Crippen molar-refractivity contribution in [3.05, 3.63) is 133 Å². The number of benzene rings is 7. The van der Waals surface area contributed by atoms with Gasteiger partial charge in [0.2, 0.25) is 0 Å². The minimum Gasteiger partial charge on any atom is -0.456 e. The topological polar surface area (TPSA) is 13.1 Å². The van der Waals surface area contributed by atoms with Gasteiger partial charge >= 0.3 is 0 Å². The molecule has 0 amide bonds. The lowest BCUT2D eigenvalue weighted by Gasteiger charge is -2.21. The van der Waals surface area contributed by atoms with Crippen LogP contribution in [0.4, 0.5) is 0 Å². The molecule has 0 saturated heterocycles. The summed E-state index contributed by atoms with van der Waals surface area (Å²) in [7, 11) is 0. The van der Waals surface area contributed by atoms with Gasteiger partial charge in [0.15, 0.2) is 0 Å². The largest absolute Gasteiger partial charge is 0.456 e. The number of furan rings is 1. The Balaban J connectivity index is 1.28. The average Bonchev–Trinajstić information content (AvgIpc) is 3.41. The van der Waals surface area contributed by atoms with Gasteiger partial charge < -0.3 is 4.42 Å². The van der Waals surface area contributed by atoms with Gasteiger partial charge in [-0.2, -0.15) is 0 Å². The molecular formula is C38H22OS. The van der Waals surface area contributed by atoms with Crippen LogP contribution in [0.2, 0.25) is 0 Å². The van der Waals surface area contributed by atoms with Crippen molar-refractivity contribution < 1.29 is 4.42 Å². The van der Waals surface area contributed by atoms with Crippen LogP contribution >= 0.6 is 11.8 Å². The van der Waals surface area contributed by atoms with E-state index in [2.05, 4.69) is 133 Å². The van der Waals surface area contributed by atoms with Crippen molar-refractivity contribution >= 4 is 55.2 Å². The van der Waals surface area contributed by atoms with Gasteiger partial charge in [-0.25, -0.2) is 0 Å². The van der Waals surface area contributed by atoms with Crippen molar-refractivity contribution in [3.8, 4) is 33.4 Å². The van der Waals surface area contributed by atoms with Gasteiger partial charge in [-0.3, -0.25) is 0 Å². The molecule has 8 aromatic rings. The average molecular weight is 527 g/mol. The Kier molecular flexibility index (Phi) is 4.61. The summed E-state index contributed by atoms with van der Waals surface area (Å²) in [6.07, 6.45) is 0. The van der Waals surface area contributed by atoms with Crippen LogP contribution in [0.1, 0.15) is 0 Å². The highest BCUT2D eigenvalue weighted by Gasteiger charge is 2.21. The van der Waals surface area contributed by atoms with Crippen LogP contribution in [-0.4, -0.2) is 0 Å². The summed E-state index contributed by atoms with van der Waals surface area (Å²) in [5.74, 6) is 0. The fourth-order valence-electron chi connectivity index (χ4n) is 6.51. The van der Waals surface area contributed by atoms with E-state index in [9.17, 15) is 0 Å². The van der Waals surface area contributed by atoms with Crippen LogP contribution < -0.4 is 0 Å². The molecule has 0 spiro atoms. The fraction of sp³-hybridized carbons (Fsp3) is 0.